The highest BCUT2D eigenvalue weighted by atomic mass is 32.1. The Hall–Kier alpha value is -0.960. The van der Waals surface area contributed by atoms with Crippen molar-refractivity contribution in [1.82, 2.24) is 0 Å². The highest BCUT2D eigenvalue weighted by Crippen LogP contribution is 2.26. The number of carbonyl (C=O) groups is 1. The van der Waals surface area contributed by atoms with E-state index in [1.807, 2.05) is 17.0 Å². The Kier molecular flexibility index (Phi) is 3.54. The highest BCUT2D eigenvalue weighted by molar-refractivity contribution is 7.80. The molecule has 0 saturated carbocycles. The van der Waals surface area contributed by atoms with Crippen molar-refractivity contribution in [2.45, 2.75) is 19.8 Å². The summed E-state index contributed by atoms with van der Waals surface area (Å²) in [5.74, 6) is 1.42. The van der Waals surface area contributed by atoms with E-state index in [2.05, 4.69) is 31.7 Å². The molecule has 2 nitrogen and oxygen atoms in total. The molecule has 3 heteroatoms. The van der Waals surface area contributed by atoms with E-state index < -0.39 is 0 Å². The van der Waals surface area contributed by atoms with Crippen LogP contribution in [-0.4, -0.2) is 18.2 Å². The molecule has 1 aromatic rings. The van der Waals surface area contributed by atoms with Gasteiger partial charge in [0.15, 0.2) is 0 Å². The average Bonchev–Trinajstić information content (AvgIpc) is 2.71. The zero-order valence-corrected chi connectivity index (χ0v) is 10.4. The molecule has 16 heavy (non-hydrogen) atoms. The smallest absolute Gasteiger partial charge is 0.227 e. The lowest BCUT2D eigenvalue weighted by molar-refractivity contribution is -0.117. The molecule has 1 aromatic carbocycles. The van der Waals surface area contributed by atoms with E-state index in [9.17, 15) is 4.79 Å². The Labute approximate surface area is 102 Å². The fourth-order valence-corrected chi connectivity index (χ4v) is 2.34. The third-order valence-corrected chi connectivity index (χ3v) is 3.61. The quantitative estimate of drug-likeness (QED) is 0.798. The molecule has 1 atom stereocenters. The third kappa shape index (κ3) is 2.24. The molecule has 1 heterocycles. The first kappa shape index (κ1) is 11.5. The molecule has 1 aliphatic heterocycles. The van der Waals surface area contributed by atoms with Crippen molar-refractivity contribution in [2.24, 2.45) is 5.92 Å². The van der Waals surface area contributed by atoms with E-state index in [4.69, 9.17) is 0 Å². The van der Waals surface area contributed by atoms with Gasteiger partial charge in [-0.15, -0.1) is 0 Å². The lowest BCUT2D eigenvalue weighted by atomic mass is 10.1. The zero-order valence-electron chi connectivity index (χ0n) is 9.52. The normalized spacial score (nSPS) is 20.5. The largest absolute Gasteiger partial charge is 0.312 e. The summed E-state index contributed by atoms with van der Waals surface area (Å²) in [5, 5.41) is 0. The number of nitrogens with zero attached hydrogens (tertiary/aromatic N) is 1. The molecule has 0 aromatic heterocycles. The van der Waals surface area contributed by atoms with Gasteiger partial charge in [0.25, 0.3) is 0 Å². The second kappa shape index (κ2) is 4.91. The van der Waals surface area contributed by atoms with Crippen molar-refractivity contribution in [3.8, 4) is 0 Å². The van der Waals surface area contributed by atoms with Gasteiger partial charge in [-0.1, -0.05) is 19.1 Å². The maximum Gasteiger partial charge on any atom is 0.227 e. The van der Waals surface area contributed by atoms with Gasteiger partial charge in [-0.25, -0.2) is 0 Å². The number of thiol groups is 1. The number of benzene rings is 1. The monoisotopic (exact) mass is 235 g/mol. The summed E-state index contributed by atoms with van der Waals surface area (Å²) in [6.07, 6.45) is 1.64. The van der Waals surface area contributed by atoms with Crippen LogP contribution in [0.2, 0.25) is 0 Å². The summed E-state index contributed by atoms with van der Waals surface area (Å²) < 4.78 is 0. The fraction of sp³-hybridized carbons (Fsp3) is 0.462. The number of amides is 1. The van der Waals surface area contributed by atoms with Gasteiger partial charge in [0.05, 0.1) is 0 Å². The summed E-state index contributed by atoms with van der Waals surface area (Å²) in [4.78, 5) is 13.7. The van der Waals surface area contributed by atoms with Crippen molar-refractivity contribution in [3.63, 3.8) is 0 Å². The molecule has 86 valence electrons. The molecule has 0 N–H and O–H groups in total. The number of rotatable bonds is 3. The van der Waals surface area contributed by atoms with Gasteiger partial charge >= 0.3 is 0 Å². The summed E-state index contributed by atoms with van der Waals surface area (Å²) in [7, 11) is 0. The minimum atomic E-state index is 0.229. The summed E-state index contributed by atoms with van der Waals surface area (Å²) in [5.41, 5.74) is 2.31. The highest BCUT2D eigenvalue weighted by Gasteiger charge is 2.29. The van der Waals surface area contributed by atoms with E-state index in [0.717, 1.165) is 24.4 Å². The van der Waals surface area contributed by atoms with E-state index >= 15 is 0 Å². The SMILES string of the molecule is CCc1cccc(N2CC(CS)CC2=O)c1. The number of aryl methyl sites for hydroxylation is 1. The molecular weight excluding hydrogens is 218 g/mol. The second-order valence-corrected chi connectivity index (χ2v) is 4.65. The Morgan fingerprint density at radius 1 is 1.50 bits per heavy atom. The number of hydrogen-bond acceptors (Lipinski definition) is 2. The Bertz CT molecular complexity index is 391. The summed E-state index contributed by atoms with van der Waals surface area (Å²) in [6, 6.07) is 8.24. The molecule has 1 fully saturated rings. The van der Waals surface area contributed by atoms with Crippen molar-refractivity contribution < 1.29 is 4.79 Å². The predicted octanol–water partition coefficient (Wildman–Crippen LogP) is 2.53. The van der Waals surface area contributed by atoms with Crippen LogP contribution in [0.25, 0.3) is 0 Å². The molecule has 0 bridgehead atoms. The molecule has 1 amide bonds. The summed E-state index contributed by atoms with van der Waals surface area (Å²) in [6.45, 7) is 2.94. The van der Waals surface area contributed by atoms with E-state index in [0.29, 0.717) is 12.3 Å². The van der Waals surface area contributed by atoms with Crippen molar-refractivity contribution >= 4 is 24.2 Å². The standard InChI is InChI=1S/C13H17NOS/c1-2-10-4-3-5-12(6-10)14-8-11(9-16)7-13(14)15/h3-6,11,16H,2,7-9H2,1H3. The van der Waals surface area contributed by atoms with Gasteiger partial charge in [0, 0.05) is 18.7 Å². The molecule has 0 aliphatic carbocycles. The molecule has 0 radical (unpaired) electrons. The van der Waals surface area contributed by atoms with Gasteiger partial charge in [0.2, 0.25) is 5.91 Å². The van der Waals surface area contributed by atoms with Crippen LogP contribution < -0.4 is 4.90 Å². The van der Waals surface area contributed by atoms with Gasteiger partial charge < -0.3 is 4.90 Å². The van der Waals surface area contributed by atoms with Crippen LogP contribution in [0.4, 0.5) is 5.69 Å². The summed E-state index contributed by atoms with van der Waals surface area (Å²) >= 11 is 4.27. The zero-order chi connectivity index (χ0) is 11.5. The van der Waals surface area contributed by atoms with Crippen LogP contribution in [0.5, 0.6) is 0 Å². The molecule has 0 spiro atoms. The van der Waals surface area contributed by atoms with E-state index in [1.165, 1.54) is 5.56 Å². The number of anilines is 1. The van der Waals surface area contributed by atoms with Crippen LogP contribution in [0.15, 0.2) is 24.3 Å². The molecule has 1 aliphatic rings. The van der Waals surface area contributed by atoms with Crippen LogP contribution >= 0.6 is 12.6 Å². The minimum Gasteiger partial charge on any atom is -0.312 e. The van der Waals surface area contributed by atoms with Gasteiger partial charge in [-0.3, -0.25) is 4.79 Å². The van der Waals surface area contributed by atoms with Crippen LogP contribution in [0.1, 0.15) is 18.9 Å². The topological polar surface area (TPSA) is 20.3 Å². The molecular formula is C13H17NOS. The van der Waals surface area contributed by atoms with E-state index in [1.54, 1.807) is 0 Å². The van der Waals surface area contributed by atoms with Crippen molar-refractivity contribution in [2.75, 3.05) is 17.2 Å². The Balaban J connectivity index is 2.20. The number of hydrogen-bond donors (Lipinski definition) is 1. The van der Waals surface area contributed by atoms with Crippen molar-refractivity contribution in [1.29, 1.82) is 0 Å². The first-order valence-electron chi connectivity index (χ1n) is 5.74. The van der Waals surface area contributed by atoms with Gasteiger partial charge in [-0.2, -0.15) is 12.6 Å². The van der Waals surface area contributed by atoms with E-state index in [-0.39, 0.29) is 5.91 Å². The Morgan fingerprint density at radius 2 is 2.31 bits per heavy atom. The van der Waals surface area contributed by atoms with Gasteiger partial charge in [0.1, 0.15) is 0 Å². The number of carbonyl (C=O) groups excluding carboxylic acids is 1. The fourth-order valence-electron chi connectivity index (χ4n) is 2.10. The first-order chi connectivity index (χ1) is 7.74. The molecule has 1 saturated heterocycles. The van der Waals surface area contributed by atoms with Crippen LogP contribution in [0, 0.1) is 5.92 Å². The molecule has 1 unspecified atom stereocenters. The van der Waals surface area contributed by atoms with Gasteiger partial charge in [-0.05, 0) is 35.8 Å². The lowest BCUT2D eigenvalue weighted by Gasteiger charge is -2.17. The maximum atomic E-state index is 11.8. The van der Waals surface area contributed by atoms with Crippen LogP contribution in [0.3, 0.4) is 0 Å². The average molecular weight is 235 g/mol. The molecule has 2 rings (SSSR count). The van der Waals surface area contributed by atoms with Crippen LogP contribution in [-0.2, 0) is 11.2 Å². The lowest BCUT2D eigenvalue weighted by Crippen LogP contribution is -2.24. The third-order valence-electron chi connectivity index (χ3n) is 3.09. The second-order valence-electron chi connectivity index (χ2n) is 4.28. The predicted molar refractivity (Wildman–Crippen MR) is 70.1 cm³/mol. The minimum absolute atomic E-state index is 0.229. The van der Waals surface area contributed by atoms with Crippen molar-refractivity contribution in [3.05, 3.63) is 29.8 Å². The Morgan fingerprint density at radius 3 is 2.94 bits per heavy atom. The first-order valence-corrected chi connectivity index (χ1v) is 6.38. The maximum absolute atomic E-state index is 11.8.